The molecule has 0 rings (SSSR count). The van der Waals surface area contributed by atoms with Crippen LogP contribution in [0.2, 0.25) is 0 Å². The summed E-state index contributed by atoms with van der Waals surface area (Å²) >= 11 is 0. The van der Waals surface area contributed by atoms with Crippen LogP contribution in [0.4, 0.5) is 0 Å². The number of ether oxygens (including phenoxy) is 2. The molecule has 11 heteroatoms. The SMILES string of the molecule is CC/C=C\C/C=C\C/C=C\C/C=C\C/C=C\CCCC(=O)OC(COC(=O)CCCCCCCCC/C=C\C/C=C\CCCCC)COP(=O)(O)OCC(O)CO. The lowest BCUT2D eigenvalue weighted by Gasteiger charge is -2.20. The molecule has 326 valence electrons. The van der Waals surface area contributed by atoms with Crippen LogP contribution in [0.15, 0.2) is 85.1 Å². The highest BCUT2D eigenvalue weighted by atomic mass is 31.2. The first-order chi connectivity index (χ1) is 27.7. The van der Waals surface area contributed by atoms with E-state index in [4.69, 9.17) is 19.1 Å². The molecule has 0 heterocycles. The fraction of sp³-hybridized carbons (Fsp3) is 0.652. The van der Waals surface area contributed by atoms with Crippen molar-refractivity contribution in [2.24, 2.45) is 0 Å². The molecule has 3 atom stereocenters. The Balaban J connectivity index is 4.42. The van der Waals surface area contributed by atoms with E-state index in [1.54, 1.807) is 0 Å². The molecule has 0 aromatic rings. The Morgan fingerprint density at radius 3 is 1.51 bits per heavy atom. The minimum atomic E-state index is -4.64. The number of carbonyl (C=O) groups excluding carboxylic acids is 2. The minimum Gasteiger partial charge on any atom is -0.462 e. The Hall–Kier alpha value is -2.85. The Bertz CT molecular complexity index is 1220. The van der Waals surface area contributed by atoms with E-state index in [1.807, 2.05) is 12.2 Å². The van der Waals surface area contributed by atoms with E-state index in [2.05, 4.69) is 91.3 Å². The average Bonchev–Trinajstić information content (AvgIpc) is 3.20. The van der Waals surface area contributed by atoms with Gasteiger partial charge in [-0.3, -0.25) is 18.6 Å². The molecule has 0 aromatic heterocycles. The van der Waals surface area contributed by atoms with E-state index in [0.717, 1.165) is 64.2 Å². The van der Waals surface area contributed by atoms with E-state index < -0.39 is 51.8 Å². The zero-order valence-corrected chi connectivity index (χ0v) is 36.2. The van der Waals surface area contributed by atoms with Crippen LogP contribution in [0.1, 0.15) is 155 Å². The van der Waals surface area contributed by atoms with Crippen molar-refractivity contribution >= 4 is 19.8 Å². The van der Waals surface area contributed by atoms with Crippen LogP contribution in [0.25, 0.3) is 0 Å². The first-order valence-electron chi connectivity index (χ1n) is 21.5. The lowest BCUT2D eigenvalue weighted by Crippen LogP contribution is -2.29. The fourth-order valence-corrected chi connectivity index (χ4v) is 6.02. The van der Waals surface area contributed by atoms with Crippen molar-refractivity contribution in [1.82, 2.24) is 0 Å². The number of phosphoric ester groups is 1. The molecule has 0 radical (unpaired) electrons. The van der Waals surface area contributed by atoms with Gasteiger partial charge >= 0.3 is 19.8 Å². The highest BCUT2D eigenvalue weighted by molar-refractivity contribution is 7.47. The molecule has 0 amide bonds. The second-order valence-electron chi connectivity index (χ2n) is 14.0. The quantitative estimate of drug-likeness (QED) is 0.0237. The summed E-state index contributed by atoms with van der Waals surface area (Å²) in [6.07, 6.45) is 48.4. The molecule has 0 aliphatic heterocycles. The summed E-state index contributed by atoms with van der Waals surface area (Å²) in [5.74, 6) is -1.01. The van der Waals surface area contributed by atoms with Crippen molar-refractivity contribution in [3.8, 4) is 0 Å². The molecule has 0 spiro atoms. The monoisotopic (exact) mass is 821 g/mol. The largest absolute Gasteiger partial charge is 0.472 e. The first-order valence-corrected chi connectivity index (χ1v) is 23.0. The lowest BCUT2D eigenvalue weighted by molar-refractivity contribution is -0.161. The standard InChI is InChI=1S/C46H77O10P/c1-3-5-7-9-11-13-15-17-19-21-23-25-27-29-31-33-35-37-45(49)53-41-44(42-55-57(51,52)54-40-43(48)39-47)56-46(50)38-36-34-32-30-28-26-24-22-20-18-16-14-12-10-8-6-4-2/h6,8,11-14,17-20,24,26,30,32,43-44,47-48H,3-5,7,9-10,15-16,21-23,25,27-29,31,33-42H2,1-2H3,(H,51,52)/b8-6-,13-11-,14-12-,19-17-,20-18-,26-24-,32-30-. The van der Waals surface area contributed by atoms with Gasteiger partial charge in [-0.1, -0.05) is 144 Å². The summed E-state index contributed by atoms with van der Waals surface area (Å²) in [7, 11) is -4.64. The van der Waals surface area contributed by atoms with Gasteiger partial charge in [-0.2, -0.15) is 0 Å². The van der Waals surface area contributed by atoms with Gasteiger partial charge in [-0.15, -0.1) is 0 Å². The molecule has 3 unspecified atom stereocenters. The Kier molecular flexibility index (Phi) is 39.2. The molecule has 0 aliphatic carbocycles. The summed E-state index contributed by atoms with van der Waals surface area (Å²) < 4.78 is 32.6. The molecule has 0 bridgehead atoms. The van der Waals surface area contributed by atoms with Crippen molar-refractivity contribution in [2.75, 3.05) is 26.4 Å². The van der Waals surface area contributed by atoms with Gasteiger partial charge in [0.1, 0.15) is 12.7 Å². The molecule has 0 fully saturated rings. The predicted molar refractivity (Wildman–Crippen MR) is 233 cm³/mol. The van der Waals surface area contributed by atoms with Crippen LogP contribution in [-0.4, -0.2) is 65.7 Å². The second-order valence-corrected chi connectivity index (χ2v) is 15.4. The third-order valence-corrected chi connectivity index (χ3v) is 9.48. The number of allylic oxidation sites excluding steroid dienone is 14. The Morgan fingerprint density at radius 2 is 0.982 bits per heavy atom. The Morgan fingerprint density at radius 1 is 0.544 bits per heavy atom. The lowest BCUT2D eigenvalue weighted by atomic mass is 10.1. The number of aliphatic hydroxyl groups excluding tert-OH is 2. The third kappa shape index (κ3) is 41.1. The van der Waals surface area contributed by atoms with E-state index in [9.17, 15) is 24.2 Å². The van der Waals surface area contributed by atoms with Crippen LogP contribution in [0, 0.1) is 0 Å². The molecular weight excluding hydrogens is 743 g/mol. The van der Waals surface area contributed by atoms with Gasteiger partial charge in [0.2, 0.25) is 0 Å². The first kappa shape index (κ1) is 54.2. The molecule has 0 aliphatic rings. The number of aliphatic hydroxyl groups is 2. The summed E-state index contributed by atoms with van der Waals surface area (Å²) in [4.78, 5) is 35.0. The number of carbonyl (C=O) groups is 2. The number of esters is 2. The smallest absolute Gasteiger partial charge is 0.462 e. The third-order valence-electron chi connectivity index (χ3n) is 8.53. The van der Waals surface area contributed by atoms with Gasteiger partial charge in [-0.25, -0.2) is 4.57 Å². The summed E-state index contributed by atoms with van der Waals surface area (Å²) in [5.41, 5.74) is 0. The van der Waals surface area contributed by atoms with Crippen LogP contribution < -0.4 is 0 Å². The maximum absolute atomic E-state index is 12.6. The molecule has 0 saturated carbocycles. The average molecular weight is 821 g/mol. The van der Waals surface area contributed by atoms with Gasteiger partial charge in [0.15, 0.2) is 6.10 Å². The van der Waals surface area contributed by atoms with Crippen LogP contribution in [0.3, 0.4) is 0 Å². The summed E-state index contributed by atoms with van der Waals surface area (Å²) in [6, 6.07) is 0. The van der Waals surface area contributed by atoms with E-state index in [0.29, 0.717) is 19.3 Å². The van der Waals surface area contributed by atoms with Crippen molar-refractivity contribution in [3.63, 3.8) is 0 Å². The zero-order valence-electron chi connectivity index (χ0n) is 35.3. The van der Waals surface area contributed by atoms with Gasteiger partial charge in [0.25, 0.3) is 0 Å². The van der Waals surface area contributed by atoms with Crippen molar-refractivity contribution < 1.29 is 47.8 Å². The van der Waals surface area contributed by atoms with Crippen molar-refractivity contribution in [3.05, 3.63) is 85.1 Å². The topological polar surface area (TPSA) is 149 Å². The maximum Gasteiger partial charge on any atom is 0.472 e. The highest BCUT2D eigenvalue weighted by Crippen LogP contribution is 2.43. The van der Waals surface area contributed by atoms with Crippen LogP contribution in [0.5, 0.6) is 0 Å². The highest BCUT2D eigenvalue weighted by Gasteiger charge is 2.27. The molecule has 10 nitrogen and oxygen atoms in total. The molecule has 0 saturated heterocycles. The normalized spacial score (nSPS) is 14.7. The molecule has 57 heavy (non-hydrogen) atoms. The summed E-state index contributed by atoms with van der Waals surface area (Å²) in [5, 5.41) is 18.3. The van der Waals surface area contributed by atoms with E-state index >= 15 is 0 Å². The van der Waals surface area contributed by atoms with Crippen LogP contribution >= 0.6 is 7.82 Å². The van der Waals surface area contributed by atoms with Crippen molar-refractivity contribution in [2.45, 2.75) is 167 Å². The van der Waals surface area contributed by atoms with E-state index in [-0.39, 0.29) is 19.4 Å². The summed E-state index contributed by atoms with van der Waals surface area (Å²) in [6.45, 7) is 2.15. The number of rotatable bonds is 39. The molecule has 0 aromatic carbocycles. The molecular formula is C46H77O10P. The fourth-order valence-electron chi connectivity index (χ4n) is 5.23. The van der Waals surface area contributed by atoms with Gasteiger partial charge in [-0.05, 0) is 83.5 Å². The number of phosphoric acid groups is 1. The van der Waals surface area contributed by atoms with Gasteiger partial charge in [0.05, 0.1) is 19.8 Å². The maximum atomic E-state index is 12.6. The van der Waals surface area contributed by atoms with Gasteiger partial charge in [0, 0.05) is 12.8 Å². The van der Waals surface area contributed by atoms with Crippen molar-refractivity contribution in [1.29, 1.82) is 0 Å². The number of unbranched alkanes of at least 4 members (excludes halogenated alkanes) is 11. The predicted octanol–water partition coefficient (Wildman–Crippen LogP) is 11.4. The zero-order chi connectivity index (χ0) is 41.9. The van der Waals surface area contributed by atoms with Gasteiger partial charge < -0.3 is 24.6 Å². The number of hydrogen-bond acceptors (Lipinski definition) is 9. The minimum absolute atomic E-state index is 0.0995. The Labute approximate surface area is 345 Å². The van der Waals surface area contributed by atoms with Crippen LogP contribution in [-0.2, 0) is 32.7 Å². The number of hydrogen-bond donors (Lipinski definition) is 3. The second kappa shape index (κ2) is 41.3. The molecule has 3 N–H and O–H groups in total. The van der Waals surface area contributed by atoms with E-state index in [1.165, 1.54) is 44.9 Å².